The van der Waals surface area contributed by atoms with E-state index in [0.29, 0.717) is 13.1 Å². The van der Waals surface area contributed by atoms with Gasteiger partial charge in [-0.05, 0) is 36.3 Å². The molecule has 1 saturated heterocycles. The fraction of sp³-hybridized carbons (Fsp3) is 0.450. The summed E-state index contributed by atoms with van der Waals surface area (Å²) in [6.45, 7) is 4.73. The highest BCUT2D eigenvalue weighted by atomic mass is 32.1. The van der Waals surface area contributed by atoms with Crippen LogP contribution in [0.1, 0.15) is 41.0 Å². The molecule has 0 radical (unpaired) electrons. The Bertz CT molecular complexity index is 842. The van der Waals surface area contributed by atoms with Gasteiger partial charge in [-0.2, -0.15) is 0 Å². The number of methoxy groups -OCH3 is 1. The lowest BCUT2D eigenvalue weighted by atomic mass is 10.1. The largest absolute Gasteiger partial charge is 0.465 e. The summed E-state index contributed by atoms with van der Waals surface area (Å²) in [5.74, 6) is -1.83. The van der Waals surface area contributed by atoms with Crippen LogP contribution in [0.2, 0.25) is 0 Å². The highest BCUT2D eigenvalue weighted by Gasteiger charge is 2.34. The Morgan fingerprint density at radius 1 is 1.30 bits per heavy atom. The number of carbonyl (C=O) groups is 4. The number of amides is 2. The van der Waals surface area contributed by atoms with Crippen molar-refractivity contribution in [3.05, 3.63) is 35.4 Å². The number of hydrogen-bond acceptors (Lipinski definition) is 7. The van der Waals surface area contributed by atoms with Crippen LogP contribution < -0.4 is 10.6 Å². The van der Waals surface area contributed by atoms with Crippen molar-refractivity contribution >= 4 is 41.1 Å². The number of hydrogen-bond donors (Lipinski definition) is 2. The Hall–Kier alpha value is -3.01. The van der Waals surface area contributed by atoms with Crippen molar-refractivity contribution in [1.29, 1.82) is 0 Å². The van der Waals surface area contributed by atoms with Crippen LogP contribution in [0, 0.1) is 5.92 Å². The molecule has 0 spiro atoms. The number of benzene rings is 1. The van der Waals surface area contributed by atoms with Gasteiger partial charge in [0.15, 0.2) is 5.11 Å². The fourth-order valence-corrected chi connectivity index (χ4v) is 3.09. The lowest BCUT2D eigenvalue weighted by Gasteiger charge is -2.36. The molecule has 2 N–H and O–H groups in total. The molecule has 0 bridgehead atoms. The summed E-state index contributed by atoms with van der Waals surface area (Å²) in [6.07, 6.45) is -0.188. The monoisotopic (exact) mass is 435 g/mol. The molecule has 1 unspecified atom stereocenters. The molecule has 9 nitrogen and oxygen atoms in total. The molecule has 0 aromatic heterocycles. The number of nitrogens with zero attached hydrogens (tertiary/aromatic N) is 1. The summed E-state index contributed by atoms with van der Waals surface area (Å²) in [7, 11) is 1.25. The van der Waals surface area contributed by atoms with Crippen LogP contribution in [-0.2, 0) is 19.1 Å². The first-order chi connectivity index (χ1) is 14.2. The first-order valence-corrected chi connectivity index (χ1v) is 9.87. The molecular formula is C20H25N3O6S. The van der Waals surface area contributed by atoms with Gasteiger partial charge in [0.25, 0.3) is 5.91 Å². The summed E-state index contributed by atoms with van der Waals surface area (Å²) in [4.78, 5) is 50.1. The van der Waals surface area contributed by atoms with E-state index in [9.17, 15) is 19.2 Å². The van der Waals surface area contributed by atoms with E-state index in [2.05, 4.69) is 15.4 Å². The lowest BCUT2D eigenvalue weighted by molar-refractivity contribution is -0.148. The molecule has 1 atom stereocenters. The van der Waals surface area contributed by atoms with Gasteiger partial charge in [-0.3, -0.25) is 19.7 Å². The van der Waals surface area contributed by atoms with Gasteiger partial charge in [0.05, 0.1) is 25.7 Å². The van der Waals surface area contributed by atoms with E-state index >= 15 is 0 Å². The average molecular weight is 436 g/mol. The van der Waals surface area contributed by atoms with Crippen molar-refractivity contribution in [2.45, 2.75) is 26.3 Å². The standard InChI is InChI=1S/C20H25N3O6S/c1-12(2)11-29-16(24)10-15-18(26)21-7-8-23(15)20(30)22-17(25)13-5-4-6-14(9-13)19(27)28-3/h4-6,9,12,15H,7-8,10-11H2,1-3H3,(H,21,26)(H,22,25,30). The zero-order valence-electron chi connectivity index (χ0n) is 17.1. The Balaban J connectivity index is 2.07. The third-order valence-electron chi connectivity index (χ3n) is 4.30. The predicted octanol–water partition coefficient (Wildman–Crippen LogP) is 0.878. The van der Waals surface area contributed by atoms with E-state index in [4.69, 9.17) is 17.0 Å². The molecule has 2 rings (SSSR count). The molecule has 1 aliphatic heterocycles. The number of nitrogens with one attached hydrogen (secondary N) is 2. The van der Waals surface area contributed by atoms with Crippen molar-refractivity contribution in [3.63, 3.8) is 0 Å². The predicted molar refractivity (Wildman–Crippen MR) is 112 cm³/mol. The maximum atomic E-state index is 12.6. The van der Waals surface area contributed by atoms with Gasteiger partial charge in [0.1, 0.15) is 6.04 Å². The molecule has 1 heterocycles. The third-order valence-corrected chi connectivity index (χ3v) is 4.63. The minimum atomic E-state index is -0.882. The number of rotatable bonds is 6. The molecule has 0 aliphatic carbocycles. The highest BCUT2D eigenvalue weighted by molar-refractivity contribution is 7.80. The Kier molecular flexibility index (Phi) is 8.28. The Labute approximate surface area is 180 Å². The quantitative estimate of drug-likeness (QED) is 0.500. The van der Waals surface area contributed by atoms with Gasteiger partial charge in [-0.15, -0.1) is 0 Å². The maximum absolute atomic E-state index is 12.6. The van der Waals surface area contributed by atoms with Gasteiger partial charge in [0.2, 0.25) is 5.91 Å². The normalized spacial score (nSPS) is 15.9. The zero-order valence-corrected chi connectivity index (χ0v) is 17.9. The molecule has 162 valence electrons. The molecule has 1 aliphatic rings. The van der Waals surface area contributed by atoms with E-state index in [1.807, 2.05) is 13.8 Å². The first kappa shape index (κ1) is 23.3. The zero-order chi connectivity index (χ0) is 22.3. The van der Waals surface area contributed by atoms with Crippen LogP contribution in [0.3, 0.4) is 0 Å². The topological polar surface area (TPSA) is 114 Å². The van der Waals surface area contributed by atoms with Gasteiger partial charge < -0.3 is 19.7 Å². The minimum Gasteiger partial charge on any atom is -0.465 e. The second-order valence-electron chi connectivity index (χ2n) is 7.11. The second-order valence-corrected chi connectivity index (χ2v) is 7.50. The van der Waals surface area contributed by atoms with E-state index < -0.39 is 23.9 Å². The number of esters is 2. The number of ether oxygens (including phenoxy) is 2. The molecule has 2 amide bonds. The van der Waals surface area contributed by atoms with E-state index in [-0.39, 0.29) is 41.1 Å². The number of carbonyl (C=O) groups excluding carboxylic acids is 4. The Morgan fingerprint density at radius 2 is 2.00 bits per heavy atom. The molecule has 1 aromatic rings. The summed E-state index contributed by atoms with van der Waals surface area (Å²) < 4.78 is 9.81. The first-order valence-electron chi connectivity index (χ1n) is 9.46. The minimum absolute atomic E-state index is 0.0139. The van der Waals surface area contributed by atoms with Crippen LogP contribution in [0.15, 0.2) is 24.3 Å². The molecule has 30 heavy (non-hydrogen) atoms. The average Bonchev–Trinajstić information content (AvgIpc) is 2.73. The van der Waals surface area contributed by atoms with Gasteiger partial charge in [-0.1, -0.05) is 19.9 Å². The molecular weight excluding hydrogens is 410 g/mol. The summed E-state index contributed by atoms with van der Waals surface area (Å²) >= 11 is 5.32. The van der Waals surface area contributed by atoms with E-state index in [1.54, 1.807) is 6.07 Å². The highest BCUT2D eigenvalue weighted by Crippen LogP contribution is 2.12. The molecule has 10 heteroatoms. The van der Waals surface area contributed by atoms with Crippen LogP contribution in [0.5, 0.6) is 0 Å². The van der Waals surface area contributed by atoms with Gasteiger partial charge >= 0.3 is 11.9 Å². The fourth-order valence-electron chi connectivity index (χ4n) is 2.78. The third kappa shape index (κ3) is 6.24. The maximum Gasteiger partial charge on any atom is 0.337 e. The van der Waals surface area contributed by atoms with Crippen molar-refractivity contribution in [2.75, 3.05) is 26.8 Å². The number of piperazine rings is 1. The van der Waals surface area contributed by atoms with E-state index in [0.717, 1.165) is 0 Å². The van der Waals surface area contributed by atoms with Crippen LogP contribution in [0.4, 0.5) is 0 Å². The van der Waals surface area contributed by atoms with Crippen molar-refractivity contribution in [3.8, 4) is 0 Å². The summed E-state index contributed by atoms with van der Waals surface area (Å²) in [5, 5.41) is 5.26. The second kappa shape index (κ2) is 10.7. The van der Waals surface area contributed by atoms with Crippen molar-refractivity contribution in [1.82, 2.24) is 15.5 Å². The van der Waals surface area contributed by atoms with Crippen molar-refractivity contribution in [2.24, 2.45) is 5.92 Å². The smallest absolute Gasteiger partial charge is 0.337 e. The van der Waals surface area contributed by atoms with E-state index in [1.165, 1.54) is 30.2 Å². The van der Waals surface area contributed by atoms with Gasteiger partial charge in [0, 0.05) is 18.7 Å². The number of thiocarbonyl (C=S) groups is 1. The molecule has 1 fully saturated rings. The molecule has 1 aromatic carbocycles. The summed E-state index contributed by atoms with van der Waals surface area (Å²) in [5.41, 5.74) is 0.425. The lowest BCUT2D eigenvalue weighted by Crippen LogP contribution is -2.60. The van der Waals surface area contributed by atoms with Crippen LogP contribution in [0.25, 0.3) is 0 Å². The van der Waals surface area contributed by atoms with Crippen LogP contribution >= 0.6 is 12.2 Å². The summed E-state index contributed by atoms with van der Waals surface area (Å²) in [6, 6.07) is 5.09. The molecule has 0 saturated carbocycles. The Morgan fingerprint density at radius 3 is 2.67 bits per heavy atom. The van der Waals surface area contributed by atoms with Crippen LogP contribution in [-0.4, -0.2) is 66.6 Å². The SMILES string of the molecule is COC(=O)c1cccc(C(=O)NC(=S)N2CCNC(=O)C2CC(=O)OCC(C)C)c1. The van der Waals surface area contributed by atoms with Crippen molar-refractivity contribution < 1.29 is 28.7 Å². The van der Waals surface area contributed by atoms with Gasteiger partial charge in [-0.25, -0.2) is 4.79 Å².